The summed E-state index contributed by atoms with van der Waals surface area (Å²) in [5, 5.41) is 22.6. The Morgan fingerprint density at radius 2 is 1.97 bits per heavy atom. The topological polar surface area (TPSA) is 133 Å². The second kappa shape index (κ2) is 8.95. The van der Waals surface area contributed by atoms with Crippen LogP contribution in [0.1, 0.15) is 42.2 Å². The fourth-order valence-electron chi connectivity index (χ4n) is 3.75. The molecule has 1 aromatic carbocycles. The highest BCUT2D eigenvalue weighted by molar-refractivity contribution is 5.96. The molecule has 10 nitrogen and oxygen atoms in total. The van der Waals surface area contributed by atoms with E-state index in [4.69, 9.17) is 0 Å². The lowest BCUT2D eigenvalue weighted by molar-refractivity contribution is -0.130. The largest absolute Gasteiger partial charge is 0.342 e. The molecule has 1 saturated carbocycles. The summed E-state index contributed by atoms with van der Waals surface area (Å²) in [5.74, 6) is -1.64. The molecule has 4 rings (SSSR count). The van der Waals surface area contributed by atoms with Gasteiger partial charge in [-0.1, -0.05) is 23.4 Å². The monoisotopic (exact) mass is 421 g/mol. The maximum absolute atomic E-state index is 12.6. The fraction of sp³-hybridized carbons (Fsp3) is 0.429. The minimum absolute atomic E-state index is 0.128. The van der Waals surface area contributed by atoms with Gasteiger partial charge in [0.15, 0.2) is 5.69 Å². The summed E-state index contributed by atoms with van der Waals surface area (Å²) in [6, 6.07) is 10.7. The Balaban J connectivity index is 1.31. The first-order valence-electron chi connectivity index (χ1n) is 10.3. The summed E-state index contributed by atoms with van der Waals surface area (Å²) in [4.78, 5) is 38.8. The van der Waals surface area contributed by atoms with E-state index in [1.54, 1.807) is 23.0 Å². The maximum Gasteiger partial charge on any atom is 0.273 e. The van der Waals surface area contributed by atoms with Gasteiger partial charge in [-0.05, 0) is 37.8 Å². The van der Waals surface area contributed by atoms with Gasteiger partial charge in [-0.25, -0.2) is 4.68 Å². The minimum Gasteiger partial charge on any atom is -0.342 e. The molecule has 1 aliphatic heterocycles. The van der Waals surface area contributed by atoms with E-state index >= 15 is 0 Å². The molecule has 10 heteroatoms. The number of benzene rings is 1. The Hall–Kier alpha value is -3.74. The van der Waals surface area contributed by atoms with Gasteiger partial charge in [0, 0.05) is 12.2 Å². The number of nitriles is 1. The molecule has 31 heavy (non-hydrogen) atoms. The summed E-state index contributed by atoms with van der Waals surface area (Å²) >= 11 is 0. The molecular formula is C21H23N7O3. The van der Waals surface area contributed by atoms with Gasteiger partial charge >= 0.3 is 0 Å². The van der Waals surface area contributed by atoms with E-state index in [1.807, 2.05) is 18.2 Å². The molecule has 3 amide bonds. The SMILES string of the molecule is N#CC1CC(C(=O)Nc2ccccc2)CN1C(=O)CNC(=O)c1cn(C2CCC2)nn1. The van der Waals surface area contributed by atoms with Crippen molar-refractivity contribution in [2.45, 2.75) is 37.8 Å². The standard InChI is InChI=1S/C21H23N7O3/c22-10-17-9-14(20(30)24-15-5-2-1-3-6-15)12-27(17)19(29)11-23-21(31)18-13-28(26-25-18)16-7-4-8-16/h1-3,5-6,13-14,16-17H,4,7-9,11-12H2,(H,23,31)(H,24,30). The van der Waals surface area contributed by atoms with Crippen molar-refractivity contribution in [1.82, 2.24) is 25.2 Å². The second-order valence-electron chi connectivity index (χ2n) is 7.83. The van der Waals surface area contributed by atoms with Crippen LogP contribution < -0.4 is 10.6 Å². The average Bonchev–Trinajstić information content (AvgIpc) is 3.39. The number of carbonyl (C=O) groups excluding carboxylic acids is 3. The molecule has 0 bridgehead atoms. The van der Waals surface area contributed by atoms with E-state index in [0.29, 0.717) is 5.69 Å². The third-order valence-electron chi connectivity index (χ3n) is 5.77. The Morgan fingerprint density at radius 3 is 2.65 bits per heavy atom. The maximum atomic E-state index is 12.6. The van der Waals surface area contributed by atoms with Gasteiger partial charge in [-0.3, -0.25) is 14.4 Å². The number of rotatable bonds is 6. The predicted molar refractivity (Wildman–Crippen MR) is 110 cm³/mol. The molecule has 2 heterocycles. The van der Waals surface area contributed by atoms with E-state index in [9.17, 15) is 19.6 Å². The highest BCUT2D eigenvalue weighted by atomic mass is 16.2. The number of aromatic nitrogens is 3. The molecule has 2 aromatic rings. The zero-order valence-electron chi connectivity index (χ0n) is 16.9. The summed E-state index contributed by atoms with van der Waals surface area (Å²) in [6.07, 6.45) is 5.02. The third kappa shape index (κ3) is 4.55. The van der Waals surface area contributed by atoms with Crippen LogP contribution in [0.4, 0.5) is 5.69 Å². The van der Waals surface area contributed by atoms with E-state index in [-0.39, 0.29) is 37.2 Å². The zero-order chi connectivity index (χ0) is 21.8. The number of nitrogens with zero attached hydrogens (tertiary/aromatic N) is 5. The van der Waals surface area contributed by atoms with Crippen molar-refractivity contribution in [3.63, 3.8) is 0 Å². The first-order chi connectivity index (χ1) is 15.0. The number of hydrogen-bond acceptors (Lipinski definition) is 6. The molecule has 2 fully saturated rings. The van der Waals surface area contributed by atoms with Gasteiger partial charge in [0.25, 0.3) is 5.91 Å². The van der Waals surface area contributed by atoms with Crippen LogP contribution in [0.5, 0.6) is 0 Å². The first-order valence-corrected chi connectivity index (χ1v) is 10.3. The van der Waals surface area contributed by atoms with Gasteiger partial charge < -0.3 is 15.5 Å². The molecule has 2 aliphatic rings. The number of carbonyl (C=O) groups is 3. The third-order valence-corrected chi connectivity index (χ3v) is 5.77. The van der Waals surface area contributed by atoms with Crippen molar-refractivity contribution in [3.8, 4) is 6.07 Å². The van der Waals surface area contributed by atoms with Crippen molar-refractivity contribution in [2.24, 2.45) is 5.92 Å². The summed E-state index contributed by atoms with van der Waals surface area (Å²) < 4.78 is 1.68. The van der Waals surface area contributed by atoms with Crippen LogP contribution in [0.15, 0.2) is 36.5 Å². The summed E-state index contributed by atoms with van der Waals surface area (Å²) in [6.45, 7) is -0.149. The normalized spacial score (nSPS) is 20.5. The number of amides is 3. The average molecular weight is 421 g/mol. The van der Waals surface area contributed by atoms with E-state index in [1.165, 1.54) is 4.90 Å². The van der Waals surface area contributed by atoms with Crippen molar-refractivity contribution < 1.29 is 14.4 Å². The molecule has 0 radical (unpaired) electrons. The lowest BCUT2D eigenvalue weighted by Crippen LogP contribution is -2.42. The van der Waals surface area contributed by atoms with Crippen LogP contribution in [-0.4, -0.2) is 56.7 Å². The van der Waals surface area contributed by atoms with E-state index in [0.717, 1.165) is 19.3 Å². The molecule has 2 unspecified atom stereocenters. The molecule has 1 aromatic heterocycles. The second-order valence-corrected chi connectivity index (χ2v) is 7.83. The van der Waals surface area contributed by atoms with Crippen LogP contribution >= 0.6 is 0 Å². The van der Waals surface area contributed by atoms with Crippen LogP contribution in [0.3, 0.4) is 0 Å². The highest BCUT2D eigenvalue weighted by Gasteiger charge is 2.38. The first kappa shape index (κ1) is 20.5. The van der Waals surface area contributed by atoms with Gasteiger partial charge in [-0.2, -0.15) is 5.26 Å². The van der Waals surface area contributed by atoms with E-state index < -0.39 is 23.8 Å². The molecule has 1 saturated heterocycles. The Bertz CT molecular complexity index is 1010. The van der Waals surface area contributed by atoms with Gasteiger partial charge in [0.1, 0.15) is 6.04 Å². The van der Waals surface area contributed by atoms with Gasteiger partial charge in [0.05, 0.1) is 30.8 Å². The van der Waals surface area contributed by atoms with Crippen molar-refractivity contribution in [3.05, 3.63) is 42.2 Å². The molecular weight excluding hydrogens is 398 g/mol. The number of nitrogens with one attached hydrogen (secondary N) is 2. The minimum atomic E-state index is -0.713. The molecule has 0 spiro atoms. The molecule has 1 aliphatic carbocycles. The Labute approximate surface area is 179 Å². The quantitative estimate of drug-likeness (QED) is 0.718. The number of likely N-dealkylation sites (tertiary alicyclic amines) is 1. The summed E-state index contributed by atoms with van der Waals surface area (Å²) in [5.41, 5.74) is 0.811. The predicted octanol–water partition coefficient (Wildman–Crippen LogP) is 1.11. The smallest absolute Gasteiger partial charge is 0.273 e. The number of hydrogen-bond donors (Lipinski definition) is 2. The zero-order valence-corrected chi connectivity index (χ0v) is 16.9. The highest BCUT2D eigenvalue weighted by Crippen LogP contribution is 2.30. The molecule has 2 atom stereocenters. The Morgan fingerprint density at radius 1 is 1.19 bits per heavy atom. The number of anilines is 1. The van der Waals surface area contributed by atoms with E-state index in [2.05, 4.69) is 27.0 Å². The van der Waals surface area contributed by atoms with Gasteiger partial charge in [-0.15, -0.1) is 5.10 Å². The van der Waals surface area contributed by atoms with Crippen LogP contribution in [0.25, 0.3) is 0 Å². The molecule has 2 N–H and O–H groups in total. The number of para-hydroxylation sites is 1. The van der Waals surface area contributed by atoms with Crippen molar-refractivity contribution in [1.29, 1.82) is 5.26 Å². The lowest BCUT2D eigenvalue weighted by atomic mass is 9.93. The van der Waals surface area contributed by atoms with Gasteiger partial charge in [0.2, 0.25) is 11.8 Å². The van der Waals surface area contributed by atoms with Crippen molar-refractivity contribution >= 4 is 23.4 Å². The van der Waals surface area contributed by atoms with Crippen LogP contribution in [0, 0.1) is 17.2 Å². The Kier molecular flexibility index (Phi) is 5.93. The van der Waals surface area contributed by atoms with Crippen LogP contribution in [-0.2, 0) is 9.59 Å². The van der Waals surface area contributed by atoms with Crippen LogP contribution in [0.2, 0.25) is 0 Å². The lowest BCUT2D eigenvalue weighted by Gasteiger charge is -2.24. The summed E-state index contributed by atoms with van der Waals surface area (Å²) in [7, 11) is 0. The molecule has 160 valence electrons. The fourth-order valence-corrected chi connectivity index (χ4v) is 3.75. The van der Waals surface area contributed by atoms with Crippen molar-refractivity contribution in [2.75, 3.05) is 18.4 Å².